The topological polar surface area (TPSA) is 20.2 Å². The smallest absolute Gasteiger partial charge is 0.388 e. The first kappa shape index (κ1) is 15.8. The van der Waals surface area contributed by atoms with Crippen LogP contribution in [0.5, 0.6) is 0 Å². The third-order valence-electron chi connectivity index (χ3n) is 2.98. The van der Waals surface area contributed by atoms with Crippen molar-refractivity contribution in [1.29, 1.82) is 0 Å². The van der Waals surface area contributed by atoms with E-state index in [-0.39, 0.29) is 17.0 Å². The minimum absolute atomic E-state index is 0.0674. The quantitative estimate of drug-likeness (QED) is 0.808. The average Bonchev–Trinajstić information content (AvgIpc) is 2.37. The lowest BCUT2D eigenvalue weighted by Gasteiger charge is -2.13. The molecule has 1 N–H and O–H groups in total. The van der Waals surface area contributed by atoms with Crippen LogP contribution in [0.4, 0.5) is 17.6 Å². The molecular weight excluding hydrogens is 308 g/mol. The van der Waals surface area contributed by atoms with Crippen LogP contribution in [-0.4, -0.2) is 5.11 Å². The van der Waals surface area contributed by atoms with E-state index in [9.17, 15) is 22.7 Å². The van der Waals surface area contributed by atoms with Crippen molar-refractivity contribution < 1.29 is 22.7 Å². The van der Waals surface area contributed by atoms with Gasteiger partial charge in [-0.25, -0.2) is 4.39 Å². The summed E-state index contributed by atoms with van der Waals surface area (Å²) in [5.41, 5.74) is 0.0327. The molecule has 6 heteroatoms. The Hall–Kier alpha value is -1.59. The molecule has 0 amide bonds. The van der Waals surface area contributed by atoms with Crippen molar-refractivity contribution in [2.24, 2.45) is 0 Å². The van der Waals surface area contributed by atoms with E-state index in [1.165, 1.54) is 18.2 Å². The summed E-state index contributed by atoms with van der Waals surface area (Å²) >= 11 is 5.69. The van der Waals surface area contributed by atoms with Gasteiger partial charge in [-0.05, 0) is 41.5 Å². The first-order valence-electron chi connectivity index (χ1n) is 6.06. The monoisotopic (exact) mass is 318 g/mol. The van der Waals surface area contributed by atoms with Gasteiger partial charge in [0.05, 0.1) is 11.7 Å². The number of hydrogen-bond acceptors (Lipinski definition) is 1. The second kappa shape index (κ2) is 6.03. The lowest BCUT2D eigenvalue weighted by Crippen LogP contribution is -2.06. The van der Waals surface area contributed by atoms with Crippen LogP contribution < -0.4 is 0 Å². The van der Waals surface area contributed by atoms with E-state index in [4.69, 9.17) is 11.6 Å². The van der Waals surface area contributed by atoms with E-state index < -0.39 is 23.7 Å². The largest absolute Gasteiger partial charge is 0.416 e. The summed E-state index contributed by atoms with van der Waals surface area (Å²) < 4.78 is 50.5. The number of benzene rings is 2. The normalized spacial score (nSPS) is 13.2. The molecule has 2 aromatic rings. The fourth-order valence-electron chi connectivity index (χ4n) is 1.94. The lowest BCUT2D eigenvalue weighted by molar-refractivity contribution is -0.137. The maximum absolute atomic E-state index is 13.2. The molecule has 0 radical (unpaired) electrons. The van der Waals surface area contributed by atoms with Crippen molar-refractivity contribution in [2.75, 3.05) is 0 Å². The highest BCUT2D eigenvalue weighted by Gasteiger charge is 2.30. The molecule has 1 unspecified atom stereocenters. The molecule has 0 saturated heterocycles. The highest BCUT2D eigenvalue weighted by Crippen LogP contribution is 2.30. The second-order valence-corrected chi connectivity index (χ2v) is 5.05. The van der Waals surface area contributed by atoms with Crippen LogP contribution in [0.3, 0.4) is 0 Å². The summed E-state index contributed by atoms with van der Waals surface area (Å²) in [7, 11) is 0. The zero-order chi connectivity index (χ0) is 15.6. The Balaban J connectivity index is 2.14. The summed E-state index contributed by atoms with van der Waals surface area (Å²) in [5.74, 6) is -0.580. The molecule has 2 aromatic carbocycles. The number of halogens is 5. The highest BCUT2D eigenvalue weighted by molar-refractivity contribution is 6.30. The van der Waals surface area contributed by atoms with Gasteiger partial charge in [0.1, 0.15) is 5.82 Å². The average molecular weight is 319 g/mol. The third-order valence-corrected chi connectivity index (χ3v) is 3.20. The Morgan fingerprint density at radius 1 is 1.05 bits per heavy atom. The molecule has 112 valence electrons. The van der Waals surface area contributed by atoms with Gasteiger partial charge >= 0.3 is 6.18 Å². The molecule has 0 aromatic heterocycles. The molecule has 0 aliphatic heterocycles. The summed E-state index contributed by atoms with van der Waals surface area (Å²) in [4.78, 5) is 0. The van der Waals surface area contributed by atoms with Gasteiger partial charge in [-0.15, -0.1) is 0 Å². The molecular formula is C15H11ClF4O. The maximum Gasteiger partial charge on any atom is 0.416 e. The first-order chi connectivity index (χ1) is 9.75. The summed E-state index contributed by atoms with van der Waals surface area (Å²) in [6, 6.07) is 8.12. The third kappa shape index (κ3) is 4.19. The highest BCUT2D eigenvalue weighted by atomic mass is 35.5. The van der Waals surface area contributed by atoms with Crippen molar-refractivity contribution in [3.8, 4) is 0 Å². The van der Waals surface area contributed by atoms with Crippen molar-refractivity contribution in [3.63, 3.8) is 0 Å². The van der Waals surface area contributed by atoms with Crippen LogP contribution in [0.15, 0.2) is 42.5 Å². The molecule has 0 spiro atoms. The molecule has 2 rings (SSSR count). The summed E-state index contributed by atoms with van der Waals surface area (Å²) in [6.07, 6.45) is -5.37. The van der Waals surface area contributed by atoms with E-state index in [2.05, 4.69) is 0 Å². The van der Waals surface area contributed by atoms with Gasteiger partial charge in [0, 0.05) is 11.4 Å². The molecule has 1 atom stereocenters. The Labute approximate surface area is 123 Å². The molecule has 0 aliphatic carbocycles. The van der Waals surface area contributed by atoms with Crippen LogP contribution in [0.25, 0.3) is 0 Å². The van der Waals surface area contributed by atoms with E-state index in [1.807, 2.05) is 0 Å². The van der Waals surface area contributed by atoms with Gasteiger partial charge in [-0.1, -0.05) is 23.7 Å². The molecule has 0 saturated carbocycles. The van der Waals surface area contributed by atoms with E-state index in [1.54, 1.807) is 0 Å². The predicted molar refractivity (Wildman–Crippen MR) is 71.5 cm³/mol. The van der Waals surface area contributed by atoms with Crippen LogP contribution in [0, 0.1) is 5.82 Å². The van der Waals surface area contributed by atoms with Gasteiger partial charge in [-0.3, -0.25) is 0 Å². The van der Waals surface area contributed by atoms with Crippen LogP contribution in [0.1, 0.15) is 22.8 Å². The summed E-state index contributed by atoms with van der Waals surface area (Å²) in [6.45, 7) is 0. The van der Waals surface area contributed by atoms with Gasteiger partial charge in [-0.2, -0.15) is 13.2 Å². The van der Waals surface area contributed by atoms with Crippen molar-refractivity contribution >= 4 is 11.6 Å². The van der Waals surface area contributed by atoms with Crippen LogP contribution in [0.2, 0.25) is 5.02 Å². The maximum atomic E-state index is 13.2. The second-order valence-electron chi connectivity index (χ2n) is 4.62. The van der Waals surface area contributed by atoms with Gasteiger partial charge in [0.2, 0.25) is 0 Å². The number of hydrogen-bond donors (Lipinski definition) is 1. The zero-order valence-corrected chi connectivity index (χ0v) is 11.4. The predicted octanol–water partition coefficient (Wildman–Crippen LogP) is 4.77. The molecule has 0 heterocycles. The van der Waals surface area contributed by atoms with Crippen molar-refractivity contribution in [2.45, 2.75) is 18.7 Å². The fourth-order valence-corrected chi connectivity index (χ4v) is 2.17. The first-order valence-corrected chi connectivity index (χ1v) is 6.43. The van der Waals surface area contributed by atoms with E-state index in [0.717, 1.165) is 24.3 Å². The molecule has 0 fully saturated rings. The minimum Gasteiger partial charge on any atom is -0.388 e. The molecule has 0 bridgehead atoms. The number of aliphatic hydroxyl groups is 1. The summed E-state index contributed by atoms with van der Waals surface area (Å²) in [5, 5.41) is 10.2. The molecule has 1 nitrogen and oxygen atoms in total. The Morgan fingerprint density at radius 2 is 1.67 bits per heavy atom. The van der Waals surface area contributed by atoms with Gasteiger partial charge in [0.15, 0.2) is 0 Å². The minimum atomic E-state index is -4.40. The lowest BCUT2D eigenvalue weighted by atomic mass is 10.0. The molecule has 0 aliphatic rings. The van der Waals surface area contributed by atoms with E-state index in [0.29, 0.717) is 5.56 Å². The zero-order valence-electron chi connectivity index (χ0n) is 10.7. The van der Waals surface area contributed by atoms with Crippen molar-refractivity contribution in [1.82, 2.24) is 0 Å². The van der Waals surface area contributed by atoms with Crippen LogP contribution in [-0.2, 0) is 12.6 Å². The van der Waals surface area contributed by atoms with Gasteiger partial charge in [0.25, 0.3) is 0 Å². The number of aliphatic hydroxyl groups excluding tert-OH is 1. The standard InChI is InChI=1S/C15H11ClF4O/c16-12-6-10(7-13(17)8-12)14(21)5-9-1-3-11(4-2-9)15(18,19)20/h1-4,6-8,14,21H,5H2. The van der Waals surface area contributed by atoms with Crippen molar-refractivity contribution in [3.05, 3.63) is 70.0 Å². The SMILES string of the molecule is OC(Cc1ccc(C(F)(F)F)cc1)c1cc(F)cc(Cl)c1. The Morgan fingerprint density at radius 3 is 2.19 bits per heavy atom. The fraction of sp³-hybridized carbons (Fsp3) is 0.200. The Kier molecular flexibility index (Phi) is 4.54. The number of rotatable bonds is 3. The van der Waals surface area contributed by atoms with Crippen LogP contribution >= 0.6 is 11.6 Å². The van der Waals surface area contributed by atoms with Gasteiger partial charge < -0.3 is 5.11 Å². The number of alkyl halides is 3. The van der Waals surface area contributed by atoms with E-state index >= 15 is 0 Å². The molecule has 21 heavy (non-hydrogen) atoms. The Bertz CT molecular complexity index is 602.